The van der Waals surface area contributed by atoms with Gasteiger partial charge in [-0.3, -0.25) is 5.41 Å². The highest BCUT2D eigenvalue weighted by Gasteiger charge is 2.20. The van der Waals surface area contributed by atoms with Crippen LogP contribution in [0.5, 0.6) is 0 Å². The Kier molecular flexibility index (Phi) is 4.11. The fourth-order valence-electron chi connectivity index (χ4n) is 2.46. The number of nitrogens with two attached hydrogens (primary N) is 1. The Labute approximate surface area is 107 Å². The Bertz CT molecular complexity index is 403. The van der Waals surface area contributed by atoms with Gasteiger partial charge < -0.3 is 5.73 Å². The summed E-state index contributed by atoms with van der Waals surface area (Å²) in [7, 11) is 0. The predicted octanol–water partition coefficient (Wildman–Crippen LogP) is 3.64. The summed E-state index contributed by atoms with van der Waals surface area (Å²) in [5.41, 5.74) is 6.50. The molecule has 2 unspecified atom stereocenters. The Balaban J connectivity index is 2.10. The van der Waals surface area contributed by atoms with E-state index >= 15 is 0 Å². The van der Waals surface area contributed by atoms with Crippen LogP contribution in [0, 0.1) is 11.3 Å². The summed E-state index contributed by atoms with van der Waals surface area (Å²) in [6, 6.07) is 8.00. The molecule has 0 saturated heterocycles. The lowest BCUT2D eigenvalue weighted by atomic mass is 9.91. The summed E-state index contributed by atoms with van der Waals surface area (Å²) < 4.78 is 0. The third-order valence-electron chi connectivity index (χ3n) is 3.36. The van der Waals surface area contributed by atoms with E-state index in [1.54, 1.807) is 0 Å². The van der Waals surface area contributed by atoms with Gasteiger partial charge in [-0.2, -0.15) is 0 Å². The molecule has 1 aliphatic carbocycles. The molecule has 0 heterocycles. The van der Waals surface area contributed by atoms with Gasteiger partial charge in [0.1, 0.15) is 5.84 Å². The Morgan fingerprint density at radius 1 is 1.35 bits per heavy atom. The van der Waals surface area contributed by atoms with Crippen molar-refractivity contribution in [3.05, 3.63) is 29.8 Å². The fraction of sp³-hybridized carbons (Fsp3) is 0.500. The molecule has 0 amide bonds. The molecular weight excluding hydrogens is 228 g/mol. The lowest BCUT2D eigenvalue weighted by Crippen LogP contribution is -2.17. The molecule has 0 aliphatic heterocycles. The molecule has 2 rings (SSSR count). The van der Waals surface area contributed by atoms with Crippen LogP contribution in [0.1, 0.15) is 38.2 Å². The second-order valence-electron chi connectivity index (χ2n) is 4.92. The second-order valence-corrected chi connectivity index (χ2v) is 6.26. The summed E-state index contributed by atoms with van der Waals surface area (Å²) in [6.45, 7) is 2.34. The topological polar surface area (TPSA) is 49.9 Å². The lowest BCUT2D eigenvalue weighted by molar-refractivity contribution is 0.394. The molecule has 1 saturated carbocycles. The summed E-state index contributed by atoms with van der Waals surface area (Å²) in [6.07, 6.45) is 5.28. The molecule has 2 atom stereocenters. The van der Waals surface area contributed by atoms with E-state index in [0.717, 1.165) is 11.5 Å². The minimum absolute atomic E-state index is 0.178. The van der Waals surface area contributed by atoms with Crippen molar-refractivity contribution in [1.82, 2.24) is 0 Å². The first kappa shape index (κ1) is 12.5. The standard InChI is InChI=1S/C14H20N2S/c1-10-5-4-6-11(9-10)17-13-8-3-2-7-12(13)14(15)16/h2-3,7-8,10-11H,4-6,9H2,1H3,(H3,15,16). The van der Waals surface area contributed by atoms with Crippen LogP contribution in [0.15, 0.2) is 29.2 Å². The van der Waals surface area contributed by atoms with Gasteiger partial charge in [-0.05, 0) is 24.8 Å². The van der Waals surface area contributed by atoms with Crippen LogP contribution in [0.4, 0.5) is 0 Å². The van der Waals surface area contributed by atoms with Crippen LogP contribution in [0.3, 0.4) is 0 Å². The first-order chi connectivity index (χ1) is 8.16. The smallest absolute Gasteiger partial charge is 0.123 e. The van der Waals surface area contributed by atoms with E-state index in [1.807, 2.05) is 30.0 Å². The largest absolute Gasteiger partial charge is 0.384 e. The lowest BCUT2D eigenvalue weighted by Gasteiger charge is -2.26. The number of hydrogen-bond acceptors (Lipinski definition) is 2. The van der Waals surface area contributed by atoms with Gasteiger partial charge in [-0.1, -0.05) is 38.0 Å². The molecule has 3 N–H and O–H groups in total. The van der Waals surface area contributed by atoms with Crippen molar-refractivity contribution in [1.29, 1.82) is 5.41 Å². The average molecular weight is 248 g/mol. The third-order valence-corrected chi connectivity index (χ3v) is 4.73. The zero-order valence-electron chi connectivity index (χ0n) is 10.3. The van der Waals surface area contributed by atoms with E-state index in [0.29, 0.717) is 5.25 Å². The van der Waals surface area contributed by atoms with Gasteiger partial charge in [0.05, 0.1) is 0 Å². The molecule has 1 aromatic rings. The van der Waals surface area contributed by atoms with Crippen LogP contribution in [0.25, 0.3) is 0 Å². The highest BCUT2D eigenvalue weighted by Crippen LogP contribution is 2.37. The molecule has 17 heavy (non-hydrogen) atoms. The number of nitrogens with one attached hydrogen (secondary N) is 1. The van der Waals surface area contributed by atoms with Crippen molar-refractivity contribution in [3.8, 4) is 0 Å². The van der Waals surface area contributed by atoms with Crippen LogP contribution in [-0.2, 0) is 0 Å². The molecule has 0 aromatic heterocycles. The monoisotopic (exact) mass is 248 g/mol. The van der Waals surface area contributed by atoms with E-state index < -0.39 is 0 Å². The highest BCUT2D eigenvalue weighted by molar-refractivity contribution is 8.00. The van der Waals surface area contributed by atoms with E-state index in [1.165, 1.54) is 30.6 Å². The first-order valence-corrected chi connectivity index (χ1v) is 7.15. The van der Waals surface area contributed by atoms with E-state index in [4.69, 9.17) is 11.1 Å². The minimum atomic E-state index is 0.178. The molecule has 0 radical (unpaired) electrons. The van der Waals surface area contributed by atoms with Gasteiger partial charge >= 0.3 is 0 Å². The van der Waals surface area contributed by atoms with Crippen molar-refractivity contribution in [2.75, 3.05) is 0 Å². The molecule has 0 spiro atoms. The van der Waals surface area contributed by atoms with Gasteiger partial charge in [0.15, 0.2) is 0 Å². The van der Waals surface area contributed by atoms with Crippen molar-refractivity contribution in [3.63, 3.8) is 0 Å². The third kappa shape index (κ3) is 3.25. The van der Waals surface area contributed by atoms with Crippen molar-refractivity contribution in [2.45, 2.75) is 42.8 Å². The predicted molar refractivity (Wildman–Crippen MR) is 74.7 cm³/mol. The zero-order valence-corrected chi connectivity index (χ0v) is 11.1. The average Bonchev–Trinajstić information content (AvgIpc) is 2.29. The van der Waals surface area contributed by atoms with E-state index in [2.05, 4.69) is 13.0 Å². The minimum Gasteiger partial charge on any atom is -0.384 e. The maximum absolute atomic E-state index is 7.60. The Morgan fingerprint density at radius 3 is 2.82 bits per heavy atom. The van der Waals surface area contributed by atoms with Crippen LogP contribution < -0.4 is 5.73 Å². The Morgan fingerprint density at radius 2 is 2.12 bits per heavy atom. The van der Waals surface area contributed by atoms with Gasteiger partial charge in [-0.25, -0.2) is 0 Å². The van der Waals surface area contributed by atoms with Crippen molar-refractivity contribution < 1.29 is 0 Å². The van der Waals surface area contributed by atoms with Gasteiger partial charge in [0.25, 0.3) is 0 Å². The fourth-order valence-corrected chi connectivity index (χ4v) is 3.99. The van der Waals surface area contributed by atoms with Crippen LogP contribution in [0.2, 0.25) is 0 Å². The number of nitrogen functional groups attached to an aromatic ring is 1. The van der Waals surface area contributed by atoms with Gasteiger partial charge in [-0.15, -0.1) is 11.8 Å². The number of amidine groups is 1. The molecule has 2 nitrogen and oxygen atoms in total. The highest BCUT2D eigenvalue weighted by atomic mass is 32.2. The maximum atomic E-state index is 7.60. The van der Waals surface area contributed by atoms with Crippen LogP contribution >= 0.6 is 11.8 Å². The molecule has 1 aliphatic rings. The summed E-state index contributed by atoms with van der Waals surface area (Å²) in [4.78, 5) is 1.17. The first-order valence-electron chi connectivity index (χ1n) is 6.27. The SMILES string of the molecule is CC1CCCC(Sc2ccccc2C(=N)N)C1. The van der Waals surface area contributed by atoms with Crippen molar-refractivity contribution >= 4 is 17.6 Å². The molecule has 0 bridgehead atoms. The molecule has 1 fully saturated rings. The van der Waals surface area contributed by atoms with Crippen LogP contribution in [-0.4, -0.2) is 11.1 Å². The second kappa shape index (κ2) is 5.58. The summed E-state index contributed by atoms with van der Waals surface area (Å²) in [5.74, 6) is 1.02. The number of hydrogen-bond donors (Lipinski definition) is 2. The maximum Gasteiger partial charge on any atom is 0.123 e. The Hall–Kier alpha value is -0.960. The molecular formula is C14H20N2S. The van der Waals surface area contributed by atoms with Crippen molar-refractivity contribution in [2.24, 2.45) is 11.7 Å². The van der Waals surface area contributed by atoms with Gasteiger partial charge in [0, 0.05) is 15.7 Å². The number of rotatable bonds is 3. The molecule has 1 aromatic carbocycles. The summed E-state index contributed by atoms with van der Waals surface area (Å²) in [5, 5.41) is 8.29. The zero-order chi connectivity index (χ0) is 12.3. The van der Waals surface area contributed by atoms with Gasteiger partial charge in [0.2, 0.25) is 0 Å². The van der Waals surface area contributed by atoms with E-state index in [9.17, 15) is 0 Å². The summed E-state index contributed by atoms with van der Waals surface area (Å²) >= 11 is 1.90. The number of thioether (sulfide) groups is 1. The molecule has 3 heteroatoms. The van der Waals surface area contributed by atoms with E-state index in [-0.39, 0.29) is 5.84 Å². The normalized spacial score (nSPS) is 24.5. The quantitative estimate of drug-likeness (QED) is 0.634. The molecule has 92 valence electrons. The number of benzene rings is 1.